The third-order valence-corrected chi connectivity index (χ3v) is 10.2. The van der Waals surface area contributed by atoms with Crippen LogP contribution < -0.4 is 4.90 Å². The van der Waals surface area contributed by atoms with Gasteiger partial charge in [-0.1, -0.05) is 152 Å². The summed E-state index contributed by atoms with van der Waals surface area (Å²) in [5, 5.41) is 7.81. The highest BCUT2D eigenvalue weighted by molar-refractivity contribution is 6.25. The highest BCUT2D eigenvalue weighted by Gasteiger charge is 2.26. The van der Waals surface area contributed by atoms with Gasteiger partial charge in [0.1, 0.15) is 0 Å². The zero-order valence-corrected chi connectivity index (χ0v) is 26.8. The summed E-state index contributed by atoms with van der Waals surface area (Å²) in [7, 11) is 0. The summed E-state index contributed by atoms with van der Waals surface area (Å²) in [5.74, 6) is 0. The topological polar surface area (TPSA) is 3.24 Å². The molecule has 0 N–H and O–H groups in total. The first-order valence-electron chi connectivity index (χ1n) is 16.9. The van der Waals surface area contributed by atoms with E-state index in [1.54, 1.807) is 0 Å². The molecule has 1 aliphatic heterocycles. The van der Waals surface area contributed by atoms with Gasteiger partial charge in [0.15, 0.2) is 0 Å². The van der Waals surface area contributed by atoms with Crippen molar-refractivity contribution in [3.8, 4) is 44.5 Å². The van der Waals surface area contributed by atoms with E-state index in [9.17, 15) is 0 Å². The zero-order valence-electron chi connectivity index (χ0n) is 26.8. The average Bonchev–Trinajstić information content (AvgIpc) is 3.30. The van der Waals surface area contributed by atoms with Gasteiger partial charge in [-0.2, -0.15) is 0 Å². The molecule has 0 radical (unpaired) electrons. The molecule has 0 aliphatic carbocycles. The first-order valence-corrected chi connectivity index (χ1v) is 16.9. The number of nitrogens with zero attached hydrogens (tertiary/aromatic N) is 1. The predicted molar refractivity (Wildman–Crippen MR) is 209 cm³/mol. The van der Waals surface area contributed by atoms with E-state index in [-0.39, 0.29) is 0 Å². The Morgan fingerprint density at radius 2 is 0.673 bits per heavy atom. The lowest BCUT2D eigenvalue weighted by Gasteiger charge is -2.27. The molecule has 0 saturated carbocycles. The standard InChI is InChI=1S/C48H31N/c1-2-12-36(13-3-1)49-47-20-10-8-18-43(47)42-29-27-35(31-46(42)44-19-9-11-21-48(44)49)33-24-22-32(23-25-33)34-26-28-41-39-16-5-4-14-37(39)38-15-6-7-17-40(38)45(41)30-34/h1-31H. The SMILES string of the molecule is c1ccc(N2c3ccccc3-c3ccc(-c4ccc(-c5ccc6c7ccccc7c7ccccc7c6c5)cc4)cc3-c3ccccc32)cc1. The normalized spacial score (nSPS) is 12.0. The molecule has 9 aromatic rings. The average molecular weight is 622 g/mol. The largest absolute Gasteiger partial charge is 0.309 e. The minimum Gasteiger partial charge on any atom is -0.309 e. The lowest BCUT2D eigenvalue weighted by Crippen LogP contribution is -2.10. The lowest BCUT2D eigenvalue weighted by molar-refractivity contribution is 1.29. The van der Waals surface area contributed by atoms with E-state index in [0.29, 0.717) is 0 Å². The molecule has 1 nitrogen and oxygen atoms in total. The Bertz CT molecular complexity index is 2670. The fourth-order valence-electron chi connectivity index (χ4n) is 7.90. The van der Waals surface area contributed by atoms with Gasteiger partial charge < -0.3 is 4.90 Å². The monoisotopic (exact) mass is 621 g/mol. The Morgan fingerprint density at radius 1 is 0.245 bits per heavy atom. The van der Waals surface area contributed by atoms with Gasteiger partial charge in [0.05, 0.1) is 11.4 Å². The van der Waals surface area contributed by atoms with Gasteiger partial charge >= 0.3 is 0 Å². The molecule has 9 aromatic carbocycles. The quantitative estimate of drug-likeness (QED) is 0.177. The number of para-hydroxylation sites is 3. The summed E-state index contributed by atoms with van der Waals surface area (Å²) in [4.78, 5) is 2.40. The third-order valence-electron chi connectivity index (χ3n) is 10.2. The molecule has 10 rings (SSSR count). The van der Waals surface area contributed by atoms with E-state index in [1.807, 2.05) is 0 Å². The van der Waals surface area contributed by atoms with Crippen molar-refractivity contribution in [2.75, 3.05) is 4.90 Å². The molecule has 1 heterocycles. The number of rotatable bonds is 3. The van der Waals surface area contributed by atoms with Crippen molar-refractivity contribution in [1.82, 2.24) is 0 Å². The summed E-state index contributed by atoms with van der Waals surface area (Å²) in [6, 6.07) is 68.8. The highest BCUT2D eigenvalue weighted by Crippen LogP contribution is 2.51. The maximum Gasteiger partial charge on any atom is 0.0540 e. The second-order valence-electron chi connectivity index (χ2n) is 12.9. The summed E-state index contributed by atoms with van der Waals surface area (Å²) in [6.07, 6.45) is 0. The first kappa shape index (κ1) is 27.7. The van der Waals surface area contributed by atoms with Crippen LogP contribution in [0.4, 0.5) is 17.1 Å². The van der Waals surface area contributed by atoms with Gasteiger partial charge in [0.25, 0.3) is 0 Å². The molecule has 0 aromatic heterocycles. The molecule has 0 bridgehead atoms. The van der Waals surface area contributed by atoms with Crippen molar-refractivity contribution in [2.24, 2.45) is 0 Å². The van der Waals surface area contributed by atoms with Crippen LogP contribution in [0.3, 0.4) is 0 Å². The summed E-state index contributed by atoms with van der Waals surface area (Å²) in [5.41, 5.74) is 13.3. The number of benzene rings is 9. The second-order valence-corrected chi connectivity index (χ2v) is 12.9. The highest BCUT2D eigenvalue weighted by atomic mass is 15.1. The van der Waals surface area contributed by atoms with Crippen molar-refractivity contribution >= 4 is 49.4 Å². The lowest BCUT2D eigenvalue weighted by atomic mass is 9.90. The molecule has 0 atom stereocenters. The van der Waals surface area contributed by atoms with Crippen LogP contribution >= 0.6 is 0 Å². The third kappa shape index (κ3) is 4.40. The molecule has 0 amide bonds. The van der Waals surface area contributed by atoms with Gasteiger partial charge in [-0.3, -0.25) is 0 Å². The first-order chi connectivity index (χ1) is 24.3. The van der Waals surface area contributed by atoms with Crippen molar-refractivity contribution in [2.45, 2.75) is 0 Å². The Hall–Kier alpha value is -6.44. The van der Waals surface area contributed by atoms with E-state index in [1.165, 1.54) is 88.2 Å². The maximum absolute atomic E-state index is 2.40. The van der Waals surface area contributed by atoms with Crippen molar-refractivity contribution in [1.29, 1.82) is 0 Å². The Kier molecular flexibility index (Phi) is 6.25. The van der Waals surface area contributed by atoms with E-state index >= 15 is 0 Å². The molecule has 49 heavy (non-hydrogen) atoms. The van der Waals surface area contributed by atoms with Crippen LogP contribution in [0.5, 0.6) is 0 Å². The Morgan fingerprint density at radius 3 is 1.29 bits per heavy atom. The summed E-state index contributed by atoms with van der Waals surface area (Å²) in [6.45, 7) is 0. The maximum atomic E-state index is 2.40. The van der Waals surface area contributed by atoms with E-state index in [0.717, 1.165) is 5.69 Å². The van der Waals surface area contributed by atoms with E-state index in [4.69, 9.17) is 0 Å². The van der Waals surface area contributed by atoms with Crippen LogP contribution in [-0.4, -0.2) is 0 Å². The summed E-state index contributed by atoms with van der Waals surface area (Å²) >= 11 is 0. The molecule has 0 spiro atoms. The fraction of sp³-hybridized carbons (Fsp3) is 0. The summed E-state index contributed by atoms with van der Waals surface area (Å²) < 4.78 is 0. The molecule has 1 heteroatoms. The van der Waals surface area contributed by atoms with Crippen LogP contribution in [0.2, 0.25) is 0 Å². The smallest absolute Gasteiger partial charge is 0.0540 e. The van der Waals surface area contributed by atoms with Crippen LogP contribution in [0.15, 0.2) is 188 Å². The number of hydrogen-bond acceptors (Lipinski definition) is 1. The van der Waals surface area contributed by atoms with Gasteiger partial charge in [-0.15, -0.1) is 0 Å². The van der Waals surface area contributed by atoms with Crippen LogP contribution in [0, 0.1) is 0 Å². The minimum atomic E-state index is 1.15. The molecule has 1 aliphatic rings. The second kappa shape index (κ2) is 11.1. The van der Waals surface area contributed by atoms with E-state index in [2.05, 4.69) is 193 Å². The van der Waals surface area contributed by atoms with Gasteiger partial charge in [-0.25, -0.2) is 0 Å². The fourth-order valence-corrected chi connectivity index (χ4v) is 7.90. The van der Waals surface area contributed by atoms with Crippen molar-refractivity contribution < 1.29 is 0 Å². The zero-order chi connectivity index (χ0) is 32.3. The van der Waals surface area contributed by atoms with Gasteiger partial charge in [-0.05, 0) is 102 Å². The van der Waals surface area contributed by atoms with Crippen LogP contribution in [0.1, 0.15) is 0 Å². The van der Waals surface area contributed by atoms with Crippen molar-refractivity contribution in [3.05, 3.63) is 188 Å². The molecular weight excluding hydrogens is 591 g/mol. The molecule has 0 unspecified atom stereocenters. The predicted octanol–water partition coefficient (Wildman–Crippen LogP) is 13.6. The number of hydrogen-bond donors (Lipinski definition) is 0. The Balaban J connectivity index is 1.08. The van der Waals surface area contributed by atoms with Crippen molar-refractivity contribution in [3.63, 3.8) is 0 Å². The van der Waals surface area contributed by atoms with Gasteiger partial charge in [0.2, 0.25) is 0 Å². The van der Waals surface area contributed by atoms with Crippen LogP contribution in [0.25, 0.3) is 76.8 Å². The molecular formula is C48H31N. The van der Waals surface area contributed by atoms with E-state index < -0.39 is 0 Å². The molecule has 0 fully saturated rings. The van der Waals surface area contributed by atoms with Crippen LogP contribution in [-0.2, 0) is 0 Å². The minimum absolute atomic E-state index is 1.15. The molecule has 228 valence electrons. The number of anilines is 3. The molecule has 0 saturated heterocycles. The Labute approximate surface area is 286 Å². The van der Waals surface area contributed by atoms with Gasteiger partial charge in [0, 0.05) is 16.8 Å². The number of fused-ring (bicyclic) bond motifs is 11.